The van der Waals surface area contributed by atoms with Crippen molar-refractivity contribution in [3.8, 4) is 5.75 Å². The van der Waals surface area contributed by atoms with Crippen LogP contribution in [0.15, 0.2) is 54.6 Å². The van der Waals surface area contributed by atoms with Gasteiger partial charge in [-0.1, -0.05) is 30.3 Å². The van der Waals surface area contributed by atoms with Gasteiger partial charge >= 0.3 is 61.7 Å². The van der Waals surface area contributed by atoms with Crippen LogP contribution in [-0.4, -0.2) is 24.5 Å². The Kier molecular flexibility index (Phi) is 5.20. The molecular weight excluding hydrogens is 333 g/mol. The number of nitrogens with zero attached hydrogens (tertiary/aromatic N) is 1. The Morgan fingerprint density at radius 2 is 1.27 bits per heavy atom. The number of benzene rings is 2. The number of fused-ring (bicyclic) bond motifs is 1. The summed E-state index contributed by atoms with van der Waals surface area (Å²) in [5, 5.41) is 0. The average molecular weight is 343 g/mol. The summed E-state index contributed by atoms with van der Waals surface area (Å²) < 4.78 is 29.3. The second kappa shape index (κ2) is 6.61. The van der Waals surface area contributed by atoms with Gasteiger partial charge in [-0.05, 0) is 24.3 Å². The number of carbonyl (C=O) groups is 2. The minimum Gasteiger partial charge on any atom is -1.00 e. The average Bonchev–Trinajstić information content (AvgIpc) is 2.72. The van der Waals surface area contributed by atoms with Gasteiger partial charge in [0.15, 0.2) is 0 Å². The van der Waals surface area contributed by atoms with E-state index in [-0.39, 0.29) is 74.0 Å². The van der Waals surface area contributed by atoms with Crippen LogP contribution in [-0.2, 0) is 10.3 Å². The van der Waals surface area contributed by atoms with E-state index < -0.39 is 22.1 Å². The zero-order chi connectivity index (χ0) is 15.0. The molecule has 0 fully saturated rings. The molecule has 0 atom stereocenters. The molecule has 0 unspecified atom stereocenters. The van der Waals surface area contributed by atoms with Crippen molar-refractivity contribution in [2.24, 2.45) is 0 Å². The van der Waals surface area contributed by atoms with E-state index in [9.17, 15) is 18.0 Å². The third kappa shape index (κ3) is 3.03. The van der Waals surface area contributed by atoms with Gasteiger partial charge in [-0.3, -0.25) is 9.59 Å². The van der Waals surface area contributed by atoms with Crippen molar-refractivity contribution in [2.75, 3.05) is 0 Å². The molecule has 0 radical (unpaired) electrons. The van der Waals surface area contributed by atoms with Crippen LogP contribution in [0, 0.1) is 0 Å². The predicted octanol–water partition coefficient (Wildman–Crippen LogP) is -1.28. The number of hydrogen-bond acceptors (Lipinski definition) is 5. The standard InChI is InChI=1S/C14H9NO5S.K.H/c16-13-11-8-4-5-9-12(11)14(17)15(13)21(18,19)20-10-6-2-1-3-7-10;;/h1-9H;;/q;+1;-1. The Morgan fingerprint density at radius 1 is 0.818 bits per heavy atom. The van der Waals surface area contributed by atoms with Gasteiger partial charge in [-0.2, -0.15) is 8.42 Å². The SMILES string of the molecule is O=C1c2ccccc2C(=O)N1S(=O)(=O)Oc1ccccc1.[H-].[K+]. The summed E-state index contributed by atoms with van der Waals surface area (Å²) in [4.78, 5) is 24.2. The molecular formula is C14H10KNO5S. The van der Waals surface area contributed by atoms with Gasteiger partial charge in [0.25, 0.3) is 11.8 Å². The number of rotatable bonds is 3. The molecule has 0 aliphatic carbocycles. The number of para-hydroxylation sites is 1. The number of imide groups is 1. The summed E-state index contributed by atoms with van der Waals surface area (Å²) in [6, 6.07) is 13.6. The molecule has 0 N–H and O–H groups in total. The smallest absolute Gasteiger partial charge is 1.00 e. The number of hydrogen-bond donors (Lipinski definition) is 0. The van der Waals surface area contributed by atoms with Crippen molar-refractivity contribution in [2.45, 2.75) is 0 Å². The van der Waals surface area contributed by atoms with E-state index in [2.05, 4.69) is 0 Å². The molecule has 2 aromatic carbocycles. The Bertz CT molecular complexity index is 806. The Hall–Kier alpha value is -1.03. The summed E-state index contributed by atoms with van der Waals surface area (Å²) in [6.45, 7) is 0. The van der Waals surface area contributed by atoms with Crippen molar-refractivity contribution in [1.82, 2.24) is 4.31 Å². The van der Waals surface area contributed by atoms with Crippen molar-refractivity contribution in [1.29, 1.82) is 0 Å². The van der Waals surface area contributed by atoms with E-state index in [1.54, 1.807) is 30.3 Å². The second-order valence-corrected chi connectivity index (χ2v) is 5.66. The monoisotopic (exact) mass is 343 g/mol. The molecule has 1 aliphatic heterocycles. The maximum absolute atomic E-state index is 12.2. The van der Waals surface area contributed by atoms with Crippen LogP contribution in [0.2, 0.25) is 0 Å². The van der Waals surface area contributed by atoms with Gasteiger partial charge in [0.05, 0.1) is 11.1 Å². The minimum absolute atomic E-state index is 0. The van der Waals surface area contributed by atoms with Crippen molar-refractivity contribution >= 4 is 22.1 Å². The maximum Gasteiger partial charge on any atom is 1.00 e. The van der Waals surface area contributed by atoms with E-state index >= 15 is 0 Å². The quantitative estimate of drug-likeness (QED) is 0.512. The number of amides is 2. The molecule has 0 spiro atoms. The maximum atomic E-state index is 12.2. The minimum atomic E-state index is -4.54. The molecule has 1 heterocycles. The first-order chi connectivity index (χ1) is 10.0. The molecule has 3 rings (SSSR count). The number of carbonyl (C=O) groups excluding carboxylic acids is 2. The second-order valence-electron chi connectivity index (χ2n) is 4.27. The fraction of sp³-hybridized carbons (Fsp3) is 0. The molecule has 2 amide bonds. The van der Waals surface area contributed by atoms with Gasteiger partial charge < -0.3 is 5.61 Å². The van der Waals surface area contributed by atoms with Crippen LogP contribution in [0.3, 0.4) is 0 Å². The van der Waals surface area contributed by atoms with Crippen LogP contribution >= 0.6 is 0 Å². The molecule has 0 saturated carbocycles. The summed E-state index contributed by atoms with van der Waals surface area (Å²) in [7, 11) is -4.54. The van der Waals surface area contributed by atoms with E-state index in [0.717, 1.165) is 0 Å². The van der Waals surface area contributed by atoms with Gasteiger partial charge in [0.1, 0.15) is 5.75 Å². The zero-order valence-corrected chi connectivity index (χ0v) is 15.5. The van der Waals surface area contributed by atoms with Crippen LogP contribution in [0.1, 0.15) is 22.1 Å². The van der Waals surface area contributed by atoms with Crippen LogP contribution in [0.25, 0.3) is 0 Å². The van der Waals surface area contributed by atoms with Crippen LogP contribution < -0.4 is 55.6 Å². The van der Waals surface area contributed by atoms with Crippen molar-refractivity contribution in [3.05, 3.63) is 65.7 Å². The van der Waals surface area contributed by atoms with E-state index in [0.29, 0.717) is 0 Å². The van der Waals surface area contributed by atoms with Gasteiger partial charge in [0, 0.05) is 0 Å². The zero-order valence-electron chi connectivity index (χ0n) is 12.6. The molecule has 1 aliphatic rings. The summed E-state index contributed by atoms with van der Waals surface area (Å²) >= 11 is 0. The third-order valence-electron chi connectivity index (χ3n) is 2.93. The third-order valence-corrected chi connectivity index (χ3v) is 4.11. The molecule has 108 valence electrons. The predicted molar refractivity (Wildman–Crippen MR) is 74.0 cm³/mol. The van der Waals surface area contributed by atoms with Crippen molar-refractivity contribution in [3.63, 3.8) is 0 Å². The molecule has 0 saturated heterocycles. The summed E-state index contributed by atoms with van der Waals surface area (Å²) in [5.41, 5.74) is 0.0884. The van der Waals surface area contributed by atoms with Crippen LogP contribution in [0.5, 0.6) is 5.75 Å². The normalized spacial score (nSPS) is 13.5. The Morgan fingerprint density at radius 3 is 1.77 bits per heavy atom. The van der Waals surface area contributed by atoms with E-state index in [1.807, 2.05) is 0 Å². The topological polar surface area (TPSA) is 80.8 Å². The fourth-order valence-corrected chi connectivity index (χ4v) is 3.04. The van der Waals surface area contributed by atoms with Crippen molar-refractivity contribution < 1.29 is 75.0 Å². The summed E-state index contributed by atoms with van der Waals surface area (Å²) in [6.07, 6.45) is 0. The fourth-order valence-electron chi connectivity index (χ4n) is 2.01. The first kappa shape index (κ1) is 17.3. The summed E-state index contributed by atoms with van der Waals surface area (Å²) in [5.74, 6) is -1.80. The van der Waals surface area contributed by atoms with Gasteiger partial charge in [-0.15, -0.1) is 4.31 Å². The Balaban J connectivity index is 0.00000132. The van der Waals surface area contributed by atoms with E-state index in [4.69, 9.17) is 4.18 Å². The molecule has 2 aromatic rings. The molecule has 22 heavy (non-hydrogen) atoms. The largest absolute Gasteiger partial charge is 1.00 e. The van der Waals surface area contributed by atoms with E-state index in [1.165, 1.54) is 24.3 Å². The molecule has 6 nitrogen and oxygen atoms in total. The van der Waals surface area contributed by atoms with Gasteiger partial charge in [0.2, 0.25) is 0 Å². The first-order valence-corrected chi connectivity index (χ1v) is 7.35. The molecule has 0 aromatic heterocycles. The molecule has 8 heteroatoms. The Labute approximate surface area is 171 Å². The van der Waals surface area contributed by atoms with Crippen LogP contribution in [0.4, 0.5) is 0 Å². The van der Waals surface area contributed by atoms with Gasteiger partial charge in [-0.25, -0.2) is 0 Å². The first-order valence-electron chi connectivity index (χ1n) is 5.98. The molecule has 0 bridgehead atoms.